The molecular weight excluding hydrogens is 124 g/mol. The lowest BCUT2D eigenvalue weighted by molar-refractivity contribution is 0.298. The molecule has 0 bridgehead atoms. The maximum absolute atomic E-state index is 5.10. The van der Waals surface area contributed by atoms with Crippen LogP contribution in [-0.2, 0) is 4.74 Å². The highest BCUT2D eigenvalue weighted by Crippen LogP contribution is 2.20. The molecule has 10 heavy (non-hydrogen) atoms. The molecule has 0 amide bonds. The fourth-order valence-corrected chi connectivity index (χ4v) is 1.07. The van der Waals surface area contributed by atoms with Gasteiger partial charge in [0.05, 0.1) is 7.11 Å². The number of methoxy groups -OCH3 is 1. The minimum atomic E-state index is 0.917. The maximum atomic E-state index is 5.10. The van der Waals surface area contributed by atoms with Crippen molar-refractivity contribution in [1.82, 2.24) is 0 Å². The molecule has 0 spiro atoms. The van der Waals surface area contributed by atoms with Crippen LogP contribution in [0.15, 0.2) is 35.6 Å². The summed E-state index contributed by atoms with van der Waals surface area (Å²) in [5.74, 6) is 0.979. The molecule has 0 aromatic heterocycles. The van der Waals surface area contributed by atoms with E-state index in [-0.39, 0.29) is 0 Å². The lowest BCUT2D eigenvalue weighted by Gasteiger charge is -2.11. The van der Waals surface area contributed by atoms with Crippen molar-refractivity contribution < 1.29 is 4.74 Å². The largest absolute Gasteiger partial charge is 0.497 e. The molecule has 0 saturated heterocycles. The van der Waals surface area contributed by atoms with Gasteiger partial charge in [-0.25, -0.2) is 0 Å². The molecule has 1 heteroatoms. The van der Waals surface area contributed by atoms with Crippen molar-refractivity contribution in [2.24, 2.45) is 0 Å². The van der Waals surface area contributed by atoms with E-state index >= 15 is 0 Å². The predicted molar refractivity (Wildman–Crippen MR) is 42.6 cm³/mol. The van der Waals surface area contributed by atoms with Crippen molar-refractivity contribution in [3.05, 3.63) is 35.6 Å². The third-order valence-corrected chi connectivity index (χ3v) is 1.58. The Hall–Kier alpha value is -0.980. The van der Waals surface area contributed by atoms with E-state index in [0.29, 0.717) is 0 Å². The van der Waals surface area contributed by atoms with Crippen molar-refractivity contribution in [3.63, 3.8) is 0 Å². The van der Waals surface area contributed by atoms with Gasteiger partial charge in [0, 0.05) is 0 Å². The fourth-order valence-electron chi connectivity index (χ4n) is 1.07. The minimum absolute atomic E-state index is 0.917. The molecule has 0 saturated carbocycles. The van der Waals surface area contributed by atoms with E-state index in [1.54, 1.807) is 7.11 Å². The summed E-state index contributed by atoms with van der Waals surface area (Å²) in [7, 11) is 1.69. The average molecular weight is 136 g/mol. The Morgan fingerprint density at radius 2 is 2.30 bits per heavy atom. The van der Waals surface area contributed by atoms with E-state index in [4.69, 9.17) is 4.74 Å². The lowest BCUT2D eigenvalue weighted by atomic mass is 10.0. The van der Waals surface area contributed by atoms with Gasteiger partial charge in [0.25, 0.3) is 0 Å². The highest BCUT2D eigenvalue weighted by Gasteiger charge is 2.04. The second-order valence-corrected chi connectivity index (χ2v) is 2.46. The first-order valence-corrected chi connectivity index (χ1v) is 3.34. The van der Waals surface area contributed by atoms with Gasteiger partial charge in [0.15, 0.2) is 0 Å². The van der Waals surface area contributed by atoms with Crippen molar-refractivity contribution in [1.29, 1.82) is 0 Å². The molecule has 0 N–H and O–H groups in total. The zero-order valence-corrected chi connectivity index (χ0v) is 6.48. The topological polar surface area (TPSA) is 9.23 Å². The molecule has 0 atom stereocenters. The Morgan fingerprint density at radius 1 is 1.60 bits per heavy atom. The normalized spacial score (nSPS) is 18.0. The van der Waals surface area contributed by atoms with Crippen LogP contribution >= 0.6 is 0 Å². The van der Waals surface area contributed by atoms with Crippen molar-refractivity contribution >= 4 is 0 Å². The molecule has 0 heterocycles. The van der Waals surface area contributed by atoms with Gasteiger partial charge in [-0.2, -0.15) is 0 Å². The number of ether oxygens (including phenoxy) is 1. The molecule has 54 valence electrons. The third-order valence-electron chi connectivity index (χ3n) is 1.58. The van der Waals surface area contributed by atoms with Gasteiger partial charge in [0.1, 0.15) is 5.76 Å². The van der Waals surface area contributed by atoms with Crippen LogP contribution in [0.25, 0.3) is 0 Å². The quantitative estimate of drug-likeness (QED) is 0.538. The van der Waals surface area contributed by atoms with Crippen LogP contribution in [0, 0.1) is 0 Å². The summed E-state index contributed by atoms with van der Waals surface area (Å²) in [5.41, 5.74) is 2.32. The second-order valence-electron chi connectivity index (χ2n) is 2.46. The van der Waals surface area contributed by atoms with Crippen LogP contribution in [0.2, 0.25) is 0 Å². The fraction of sp³-hybridized carbons (Fsp3) is 0.333. The first-order chi connectivity index (χ1) is 4.74. The second kappa shape index (κ2) is 2.74. The summed E-state index contributed by atoms with van der Waals surface area (Å²) in [6.45, 7) is 5.88. The summed E-state index contributed by atoms with van der Waals surface area (Å²) in [4.78, 5) is 0. The van der Waals surface area contributed by atoms with E-state index in [9.17, 15) is 0 Å². The molecule has 0 aromatic rings. The standard InChI is InChI=1S/C9H12O/c1-7-4-5-9(10-3)8(2)6-7/h5-6H,1,4H2,2-3H3. The molecule has 1 aliphatic carbocycles. The summed E-state index contributed by atoms with van der Waals surface area (Å²) < 4.78 is 5.10. The lowest BCUT2D eigenvalue weighted by Crippen LogP contribution is -1.94. The third kappa shape index (κ3) is 1.29. The van der Waals surface area contributed by atoms with Gasteiger partial charge >= 0.3 is 0 Å². The van der Waals surface area contributed by atoms with Gasteiger partial charge in [-0.3, -0.25) is 0 Å². The molecule has 0 aliphatic heterocycles. The molecule has 1 aliphatic rings. The summed E-state index contributed by atoms with van der Waals surface area (Å²) in [5, 5.41) is 0. The van der Waals surface area contributed by atoms with E-state index in [1.165, 1.54) is 5.57 Å². The van der Waals surface area contributed by atoms with Crippen molar-refractivity contribution in [3.8, 4) is 0 Å². The first kappa shape index (κ1) is 7.13. The van der Waals surface area contributed by atoms with Gasteiger partial charge < -0.3 is 4.74 Å². The minimum Gasteiger partial charge on any atom is -0.497 e. The monoisotopic (exact) mass is 136 g/mol. The molecular formula is C9H12O. The van der Waals surface area contributed by atoms with E-state index in [0.717, 1.165) is 17.8 Å². The molecule has 0 fully saturated rings. The van der Waals surface area contributed by atoms with Gasteiger partial charge in [0.2, 0.25) is 0 Å². The molecule has 0 unspecified atom stereocenters. The maximum Gasteiger partial charge on any atom is 0.118 e. The summed E-state index contributed by atoms with van der Waals surface area (Å²) in [6.07, 6.45) is 5.02. The van der Waals surface area contributed by atoms with Gasteiger partial charge in [-0.15, -0.1) is 0 Å². The average Bonchev–Trinajstić information content (AvgIpc) is 1.88. The van der Waals surface area contributed by atoms with Crippen LogP contribution in [0.1, 0.15) is 13.3 Å². The van der Waals surface area contributed by atoms with E-state index in [1.807, 2.05) is 6.92 Å². The van der Waals surface area contributed by atoms with Crippen LogP contribution in [0.5, 0.6) is 0 Å². The Labute approximate surface area is 61.7 Å². The number of rotatable bonds is 1. The van der Waals surface area contributed by atoms with Gasteiger partial charge in [-0.1, -0.05) is 18.2 Å². The van der Waals surface area contributed by atoms with Crippen LogP contribution in [0.4, 0.5) is 0 Å². The Bertz CT molecular complexity index is 209. The Morgan fingerprint density at radius 3 is 2.80 bits per heavy atom. The molecule has 0 radical (unpaired) electrons. The summed E-state index contributed by atoms with van der Waals surface area (Å²) >= 11 is 0. The zero-order valence-electron chi connectivity index (χ0n) is 6.48. The number of hydrogen-bond donors (Lipinski definition) is 0. The van der Waals surface area contributed by atoms with Gasteiger partial charge in [-0.05, 0) is 25.0 Å². The predicted octanol–water partition coefficient (Wildman–Crippen LogP) is 2.42. The first-order valence-electron chi connectivity index (χ1n) is 3.34. The smallest absolute Gasteiger partial charge is 0.118 e. The Kier molecular flexibility index (Phi) is 1.95. The van der Waals surface area contributed by atoms with E-state index < -0.39 is 0 Å². The zero-order chi connectivity index (χ0) is 7.56. The molecule has 1 rings (SSSR count). The SMILES string of the molecule is C=C1C=C(C)C(OC)=CC1. The van der Waals surface area contributed by atoms with Crippen LogP contribution < -0.4 is 0 Å². The highest BCUT2D eigenvalue weighted by molar-refractivity contribution is 5.37. The molecule has 1 nitrogen and oxygen atoms in total. The van der Waals surface area contributed by atoms with Crippen LogP contribution in [0.3, 0.4) is 0 Å². The van der Waals surface area contributed by atoms with Crippen molar-refractivity contribution in [2.75, 3.05) is 7.11 Å². The summed E-state index contributed by atoms with van der Waals surface area (Å²) in [6, 6.07) is 0. The van der Waals surface area contributed by atoms with Crippen molar-refractivity contribution in [2.45, 2.75) is 13.3 Å². The number of hydrogen-bond acceptors (Lipinski definition) is 1. The molecule has 0 aromatic carbocycles. The number of allylic oxidation sites excluding steroid dienone is 4. The highest BCUT2D eigenvalue weighted by atomic mass is 16.5. The Balaban J connectivity index is 2.81. The van der Waals surface area contributed by atoms with E-state index in [2.05, 4.69) is 18.7 Å². The van der Waals surface area contributed by atoms with Crippen LogP contribution in [-0.4, -0.2) is 7.11 Å².